The minimum absolute atomic E-state index is 0.182. The molecular weight excluding hydrogens is 266 g/mol. The number of nitrogens with zero attached hydrogens (tertiary/aromatic N) is 3. The van der Waals surface area contributed by atoms with Crippen molar-refractivity contribution in [3.63, 3.8) is 0 Å². The number of nitrogens with one attached hydrogen (secondary N) is 2. The molecule has 21 heavy (non-hydrogen) atoms. The number of hydrogen-bond acceptors (Lipinski definition) is 5. The van der Waals surface area contributed by atoms with Gasteiger partial charge in [-0.1, -0.05) is 6.42 Å². The van der Waals surface area contributed by atoms with E-state index in [1.54, 1.807) is 12.1 Å². The molecule has 1 aromatic rings. The molecule has 0 bridgehead atoms. The number of hydrogen-bond donors (Lipinski definition) is 2. The number of likely N-dealkylation sites (tertiary alicyclic amines) is 1. The van der Waals surface area contributed by atoms with Gasteiger partial charge in [0, 0.05) is 19.1 Å². The van der Waals surface area contributed by atoms with Gasteiger partial charge in [-0.15, -0.1) is 10.2 Å². The number of piperidine rings is 1. The first-order valence-electron chi connectivity index (χ1n) is 7.80. The van der Waals surface area contributed by atoms with Crippen molar-refractivity contribution in [1.29, 1.82) is 0 Å². The molecule has 1 saturated heterocycles. The Morgan fingerprint density at radius 2 is 2.05 bits per heavy atom. The molecule has 2 rings (SSSR count). The Balaban J connectivity index is 1.81. The monoisotopic (exact) mass is 291 g/mol. The average molecular weight is 291 g/mol. The number of carbonyl (C=O) groups excluding carboxylic acids is 1. The minimum Gasteiger partial charge on any atom is -0.367 e. The number of anilines is 1. The van der Waals surface area contributed by atoms with Crippen molar-refractivity contribution in [2.75, 3.05) is 31.5 Å². The summed E-state index contributed by atoms with van der Waals surface area (Å²) in [4.78, 5) is 14.1. The van der Waals surface area contributed by atoms with Gasteiger partial charge in [0.2, 0.25) is 0 Å². The highest BCUT2D eigenvalue weighted by Crippen LogP contribution is 2.12. The zero-order chi connectivity index (χ0) is 15.1. The predicted molar refractivity (Wildman–Crippen MR) is 83.4 cm³/mol. The summed E-state index contributed by atoms with van der Waals surface area (Å²) >= 11 is 0. The number of amides is 1. The topological polar surface area (TPSA) is 70.2 Å². The van der Waals surface area contributed by atoms with Gasteiger partial charge in [-0.2, -0.15) is 0 Å². The molecule has 6 nitrogen and oxygen atoms in total. The van der Waals surface area contributed by atoms with Crippen LogP contribution < -0.4 is 10.6 Å². The van der Waals surface area contributed by atoms with Gasteiger partial charge in [0.1, 0.15) is 5.82 Å². The Labute approximate surface area is 126 Å². The Morgan fingerprint density at radius 3 is 2.67 bits per heavy atom. The van der Waals surface area contributed by atoms with Gasteiger partial charge in [-0.3, -0.25) is 9.69 Å². The van der Waals surface area contributed by atoms with Crippen LogP contribution in [-0.4, -0.2) is 53.2 Å². The molecule has 116 valence electrons. The van der Waals surface area contributed by atoms with E-state index in [0.717, 1.165) is 6.54 Å². The third-order valence-corrected chi connectivity index (χ3v) is 3.83. The quantitative estimate of drug-likeness (QED) is 0.831. The second-order valence-corrected chi connectivity index (χ2v) is 5.49. The van der Waals surface area contributed by atoms with Crippen molar-refractivity contribution in [3.05, 3.63) is 17.8 Å². The SMILES string of the molecule is CCNC(=O)c1ccc(NCC(C)N2CCCCC2)nn1. The molecular formula is C15H25N5O. The Morgan fingerprint density at radius 1 is 1.29 bits per heavy atom. The highest BCUT2D eigenvalue weighted by Gasteiger charge is 2.16. The van der Waals surface area contributed by atoms with Crippen LogP contribution in [0.4, 0.5) is 5.82 Å². The molecule has 1 fully saturated rings. The van der Waals surface area contributed by atoms with Crippen LogP contribution in [0.15, 0.2) is 12.1 Å². The van der Waals surface area contributed by atoms with E-state index in [1.165, 1.54) is 32.4 Å². The zero-order valence-corrected chi connectivity index (χ0v) is 12.9. The normalized spacial score (nSPS) is 17.2. The standard InChI is InChI=1S/C15H25N5O/c1-3-16-15(21)13-7-8-14(19-18-13)17-11-12(2)20-9-5-4-6-10-20/h7-8,12H,3-6,9-11H2,1-2H3,(H,16,21)(H,17,19). The zero-order valence-electron chi connectivity index (χ0n) is 12.9. The highest BCUT2D eigenvalue weighted by molar-refractivity contribution is 5.92. The first-order chi connectivity index (χ1) is 10.2. The van der Waals surface area contributed by atoms with Crippen molar-refractivity contribution in [3.8, 4) is 0 Å². The van der Waals surface area contributed by atoms with Crippen LogP contribution in [0.2, 0.25) is 0 Å². The van der Waals surface area contributed by atoms with E-state index < -0.39 is 0 Å². The molecule has 1 unspecified atom stereocenters. The molecule has 0 aliphatic carbocycles. The Kier molecular flexibility index (Phi) is 5.92. The lowest BCUT2D eigenvalue weighted by atomic mass is 10.1. The van der Waals surface area contributed by atoms with E-state index in [2.05, 4.69) is 32.7 Å². The van der Waals surface area contributed by atoms with Gasteiger partial charge in [0.25, 0.3) is 5.91 Å². The third-order valence-electron chi connectivity index (χ3n) is 3.83. The Bertz CT molecular complexity index is 442. The molecule has 2 heterocycles. The molecule has 1 amide bonds. The van der Waals surface area contributed by atoms with Crippen molar-refractivity contribution >= 4 is 11.7 Å². The van der Waals surface area contributed by atoms with Gasteiger partial charge in [0.15, 0.2) is 5.69 Å². The maximum Gasteiger partial charge on any atom is 0.271 e. The molecule has 1 aliphatic rings. The summed E-state index contributed by atoms with van der Waals surface area (Å²) in [7, 11) is 0. The second-order valence-electron chi connectivity index (χ2n) is 5.49. The van der Waals surface area contributed by atoms with Crippen LogP contribution in [0.1, 0.15) is 43.6 Å². The number of rotatable bonds is 6. The lowest BCUT2D eigenvalue weighted by molar-refractivity contribution is 0.0950. The summed E-state index contributed by atoms with van der Waals surface area (Å²) in [6, 6.07) is 3.99. The smallest absolute Gasteiger partial charge is 0.271 e. The Hall–Kier alpha value is -1.69. The molecule has 1 aromatic heterocycles. The fraction of sp³-hybridized carbons (Fsp3) is 0.667. The van der Waals surface area contributed by atoms with E-state index in [1.807, 2.05) is 6.92 Å². The van der Waals surface area contributed by atoms with Gasteiger partial charge < -0.3 is 10.6 Å². The van der Waals surface area contributed by atoms with Gasteiger partial charge in [-0.25, -0.2) is 0 Å². The molecule has 0 aromatic carbocycles. The van der Waals surface area contributed by atoms with Crippen molar-refractivity contribution < 1.29 is 4.79 Å². The first-order valence-corrected chi connectivity index (χ1v) is 7.80. The predicted octanol–water partition coefficient (Wildman–Crippen LogP) is 1.51. The second kappa shape index (κ2) is 7.93. The molecule has 0 spiro atoms. The van der Waals surface area contributed by atoms with Crippen molar-refractivity contribution in [1.82, 2.24) is 20.4 Å². The number of aromatic nitrogens is 2. The summed E-state index contributed by atoms with van der Waals surface area (Å²) in [6.45, 7) is 7.91. The van der Waals surface area contributed by atoms with Crippen LogP contribution >= 0.6 is 0 Å². The van der Waals surface area contributed by atoms with Gasteiger partial charge in [-0.05, 0) is 51.9 Å². The fourth-order valence-corrected chi connectivity index (χ4v) is 2.54. The lowest BCUT2D eigenvalue weighted by Gasteiger charge is -2.32. The van der Waals surface area contributed by atoms with E-state index in [4.69, 9.17) is 0 Å². The maximum atomic E-state index is 11.6. The van der Waals surface area contributed by atoms with Crippen LogP contribution in [0, 0.1) is 0 Å². The van der Waals surface area contributed by atoms with Crippen molar-refractivity contribution in [2.24, 2.45) is 0 Å². The third kappa shape index (κ3) is 4.67. The van der Waals surface area contributed by atoms with Crippen LogP contribution in [-0.2, 0) is 0 Å². The number of carbonyl (C=O) groups is 1. The highest BCUT2D eigenvalue weighted by atomic mass is 16.1. The summed E-state index contributed by atoms with van der Waals surface area (Å²) in [6.07, 6.45) is 3.94. The summed E-state index contributed by atoms with van der Waals surface area (Å²) in [5.74, 6) is 0.533. The van der Waals surface area contributed by atoms with Gasteiger partial charge >= 0.3 is 0 Å². The molecule has 0 radical (unpaired) electrons. The minimum atomic E-state index is -0.182. The van der Waals surface area contributed by atoms with E-state index in [0.29, 0.717) is 24.1 Å². The van der Waals surface area contributed by atoms with Crippen LogP contribution in [0.25, 0.3) is 0 Å². The largest absolute Gasteiger partial charge is 0.367 e. The summed E-state index contributed by atoms with van der Waals surface area (Å²) in [5.41, 5.74) is 0.353. The van der Waals surface area contributed by atoms with E-state index in [-0.39, 0.29) is 5.91 Å². The van der Waals surface area contributed by atoms with Gasteiger partial charge in [0.05, 0.1) is 0 Å². The van der Waals surface area contributed by atoms with E-state index >= 15 is 0 Å². The fourth-order valence-electron chi connectivity index (χ4n) is 2.54. The van der Waals surface area contributed by atoms with E-state index in [9.17, 15) is 4.79 Å². The summed E-state index contributed by atoms with van der Waals surface area (Å²) in [5, 5.41) is 14.0. The molecule has 0 saturated carbocycles. The molecule has 1 aliphatic heterocycles. The maximum absolute atomic E-state index is 11.6. The molecule has 1 atom stereocenters. The molecule has 2 N–H and O–H groups in total. The van der Waals surface area contributed by atoms with Crippen LogP contribution in [0.5, 0.6) is 0 Å². The van der Waals surface area contributed by atoms with Crippen molar-refractivity contribution in [2.45, 2.75) is 39.2 Å². The summed E-state index contributed by atoms with van der Waals surface area (Å²) < 4.78 is 0. The average Bonchev–Trinajstić information content (AvgIpc) is 2.54. The lowest BCUT2D eigenvalue weighted by Crippen LogP contribution is -2.41. The molecule has 6 heteroatoms. The first kappa shape index (κ1) is 15.7. The van der Waals surface area contributed by atoms with Crippen LogP contribution in [0.3, 0.4) is 0 Å².